The molecule has 1 aromatic carbocycles. The number of nitrogens with one attached hydrogen (secondary N) is 1. The normalized spacial score (nSPS) is 18.9. The minimum Gasteiger partial charge on any atom is -0.313 e. The third-order valence-electron chi connectivity index (χ3n) is 3.35. The van der Waals surface area contributed by atoms with E-state index in [1.165, 1.54) is 12.1 Å². The van der Waals surface area contributed by atoms with Gasteiger partial charge in [0, 0.05) is 37.8 Å². The highest BCUT2D eigenvalue weighted by molar-refractivity contribution is 5.49. The van der Waals surface area contributed by atoms with Gasteiger partial charge in [0.25, 0.3) is 11.4 Å². The number of nitro benzene ring substituents is 2. The Balaban J connectivity index is 2.28. The molecule has 1 aliphatic rings. The van der Waals surface area contributed by atoms with Gasteiger partial charge in [-0.1, -0.05) is 0 Å². The first-order chi connectivity index (χ1) is 10.0. The Labute approximate surface area is 120 Å². The van der Waals surface area contributed by atoms with Crippen LogP contribution in [0.3, 0.4) is 0 Å². The van der Waals surface area contributed by atoms with Crippen molar-refractivity contribution in [2.24, 2.45) is 0 Å². The maximum Gasteiger partial charge on any atom is 0.280 e. The van der Waals surface area contributed by atoms with Gasteiger partial charge in [-0.05, 0) is 6.07 Å². The number of nitro groups is 2. The minimum absolute atomic E-state index is 0.216. The summed E-state index contributed by atoms with van der Waals surface area (Å²) in [7, 11) is 0. The zero-order chi connectivity index (χ0) is 15.4. The third-order valence-corrected chi connectivity index (χ3v) is 3.35. The van der Waals surface area contributed by atoms with E-state index in [1.807, 2.05) is 4.90 Å². The summed E-state index contributed by atoms with van der Waals surface area (Å²) in [5.41, 5.74) is -0.241. The summed E-state index contributed by atoms with van der Waals surface area (Å²) in [6.45, 7) is 2.00. The zero-order valence-corrected chi connectivity index (χ0v) is 11.1. The van der Waals surface area contributed by atoms with Crippen molar-refractivity contribution >= 4 is 11.4 Å². The first kappa shape index (κ1) is 14.8. The van der Waals surface area contributed by atoms with Crippen LogP contribution in [-0.4, -0.2) is 40.4 Å². The number of nitrogens with zero attached hydrogens (tertiary/aromatic N) is 4. The van der Waals surface area contributed by atoms with Crippen LogP contribution >= 0.6 is 0 Å². The Morgan fingerprint density at radius 2 is 2.14 bits per heavy atom. The van der Waals surface area contributed by atoms with Gasteiger partial charge in [-0.15, -0.1) is 0 Å². The van der Waals surface area contributed by atoms with E-state index in [1.54, 1.807) is 0 Å². The Hall–Kier alpha value is -2.57. The Kier molecular flexibility index (Phi) is 4.42. The largest absolute Gasteiger partial charge is 0.313 e. The Morgan fingerprint density at radius 1 is 1.38 bits per heavy atom. The number of rotatable bonds is 4. The molecule has 1 unspecified atom stereocenters. The highest BCUT2D eigenvalue weighted by Gasteiger charge is 2.26. The third kappa shape index (κ3) is 3.31. The van der Waals surface area contributed by atoms with Crippen LogP contribution in [0.15, 0.2) is 18.2 Å². The number of piperazine rings is 1. The highest BCUT2D eigenvalue weighted by Crippen LogP contribution is 2.26. The molecule has 2 rings (SSSR count). The molecule has 0 bridgehead atoms. The SMILES string of the molecule is N#CC1CNCCN1Cc1ccc([N+](=O)[O-])cc1[N+](=O)[O-]. The number of benzene rings is 1. The molecule has 1 atom stereocenters. The van der Waals surface area contributed by atoms with E-state index >= 15 is 0 Å². The topological polar surface area (TPSA) is 125 Å². The fourth-order valence-electron chi connectivity index (χ4n) is 2.25. The van der Waals surface area contributed by atoms with E-state index in [-0.39, 0.29) is 24.0 Å². The van der Waals surface area contributed by atoms with Gasteiger partial charge >= 0.3 is 0 Å². The summed E-state index contributed by atoms with van der Waals surface area (Å²) in [4.78, 5) is 22.3. The van der Waals surface area contributed by atoms with Gasteiger partial charge in [0.2, 0.25) is 0 Å². The highest BCUT2D eigenvalue weighted by atomic mass is 16.6. The van der Waals surface area contributed by atoms with Crippen LogP contribution in [0.4, 0.5) is 11.4 Å². The lowest BCUT2D eigenvalue weighted by Gasteiger charge is -2.31. The first-order valence-electron chi connectivity index (χ1n) is 6.29. The fourth-order valence-corrected chi connectivity index (χ4v) is 2.25. The van der Waals surface area contributed by atoms with E-state index in [9.17, 15) is 20.2 Å². The van der Waals surface area contributed by atoms with Gasteiger partial charge in [-0.2, -0.15) is 5.26 Å². The number of hydrogen-bond donors (Lipinski definition) is 1. The molecule has 0 aliphatic carbocycles. The molecule has 1 N–H and O–H groups in total. The first-order valence-corrected chi connectivity index (χ1v) is 6.29. The molecule has 1 fully saturated rings. The van der Waals surface area contributed by atoms with Crippen LogP contribution in [0, 0.1) is 31.6 Å². The quantitative estimate of drug-likeness (QED) is 0.642. The van der Waals surface area contributed by atoms with Crippen molar-refractivity contribution in [2.45, 2.75) is 12.6 Å². The standard InChI is InChI=1S/C12H13N5O4/c13-6-11-7-14-3-4-15(11)8-9-1-2-10(16(18)19)5-12(9)17(20)21/h1-2,5,11,14H,3-4,7-8H2. The molecule has 0 aromatic heterocycles. The van der Waals surface area contributed by atoms with Crippen molar-refractivity contribution in [1.82, 2.24) is 10.2 Å². The molecule has 1 saturated heterocycles. The molecule has 110 valence electrons. The molecule has 9 heteroatoms. The number of hydrogen-bond acceptors (Lipinski definition) is 7. The van der Waals surface area contributed by atoms with Gasteiger partial charge in [0.1, 0.15) is 6.04 Å². The second kappa shape index (κ2) is 6.25. The summed E-state index contributed by atoms with van der Waals surface area (Å²) < 4.78 is 0. The van der Waals surface area contributed by atoms with Crippen molar-refractivity contribution in [3.63, 3.8) is 0 Å². The summed E-state index contributed by atoms with van der Waals surface area (Å²) in [6, 6.07) is 5.35. The lowest BCUT2D eigenvalue weighted by Crippen LogP contribution is -2.50. The van der Waals surface area contributed by atoms with Crippen LogP contribution in [0.2, 0.25) is 0 Å². The average molecular weight is 291 g/mol. The van der Waals surface area contributed by atoms with Crippen LogP contribution < -0.4 is 5.32 Å². The lowest BCUT2D eigenvalue weighted by molar-refractivity contribution is -0.394. The Morgan fingerprint density at radius 3 is 2.76 bits per heavy atom. The molecule has 9 nitrogen and oxygen atoms in total. The molecule has 0 saturated carbocycles. The molecule has 0 amide bonds. The molecule has 1 aliphatic heterocycles. The predicted molar refractivity (Wildman–Crippen MR) is 72.4 cm³/mol. The van der Waals surface area contributed by atoms with E-state index in [4.69, 9.17) is 5.26 Å². The van der Waals surface area contributed by atoms with Crippen molar-refractivity contribution in [3.8, 4) is 6.07 Å². The van der Waals surface area contributed by atoms with Crippen LogP contribution in [0.5, 0.6) is 0 Å². The maximum absolute atomic E-state index is 11.1. The van der Waals surface area contributed by atoms with Gasteiger partial charge in [0.05, 0.1) is 22.0 Å². The summed E-state index contributed by atoms with van der Waals surface area (Å²) in [6.07, 6.45) is 0. The molecule has 1 heterocycles. The van der Waals surface area contributed by atoms with Crippen LogP contribution in [-0.2, 0) is 6.54 Å². The van der Waals surface area contributed by atoms with Crippen LogP contribution in [0.1, 0.15) is 5.56 Å². The zero-order valence-electron chi connectivity index (χ0n) is 11.1. The van der Waals surface area contributed by atoms with Gasteiger partial charge in [-0.25, -0.2) is 0 Å². The fraction of sp³-hybridized carbons (Fsp3) is 0.417. The Bertz CT molecular complexity index is 612. The van der Waals surface area contributed by atoms with E-state index < -0.39 is 9.85 Å². The lowest BCUT2D eigenvalue weighted by atomic mass is 10.1. The van der Waals surface area contributed by atoms with Gasteiger partial charge < -0.3 is 5.32 Å². The number of non-ortho nitro benzene ring substituents is 1. The summed E-state index contributed by atoms with van der Waals surface area (Å²) >= 11 is 0. The van der Waals surface area contributed by atoms with Gasteiger partial charge in [0.15, 0.2) is 0 Å². The second-order valence-corrected chi connectivity index (χ2v) is 4.65. The minimum atomic E-state index is -0.667. The molecular weight excluding hydrogens is 278 g/mol. The monoisotopic (exact) mass is 291 g/mol. The average Bonchev–Trinajstić information content (AvgIpc) is 2.47. The van der Waals surface area contributed by atoms with Crippen molar-refractivity contribution in [2.75, 3.05) is 19.6 Å². The van der Waals surface area contributed by atoms with Crippen molar-refractivity contribution in [1.29, 1.82) is 5.26 Å². The van der Waals surface area contributed by atoms with E-state index in [2.05, 4.69) is 11.4 Å². The van der Waals surface area contributed by atoms with Gasteiger partial charge in [-0.3, -0.25) is 25.1 Å². The maximum atomic E-state index is 11.1. The van der Waals surface area contributed by atoms with E-state index in [0.29, 0.717) is 25.2 Å². The van der Waals surface area contributed by atoms with E-state index in [0.717, 1.165) is 6.07 Å². The molecule has 0 spiro atoms. The van der Waals surface area contributed by atoms with Crippen LogP contribution in [0.25, 0.3) is 0 Å². The van der Waals surface area contributed by atoms with Crippen molar-refractivity contribution in [3.05, 3.63) is 44.0 Å². The molecular formula is C12H13N5O4. The molecule has 1 aromatic rings. The molecule has 21 heavy (non-hydrogen) atoms. The second-order valence-electron chi connectivity index (χ2n) is 4.65. The summed E-state index contributed by atoms with van der Waals surface area (Å²) in [5, 5.41) is 33.9. The van der Waals surface area contributed by atoms with Crippen molar-refractivity contribution < 1.29 is 9.85 Å². The number of nitriles is 1. The summed E-state index contributed by atoms with van der Waals surface area (Å²) in [5.74, 6) is 0. The molecule has 0 radical (unpaired) electrons. The predicted octanol–water partition coefficient (Wildman–Crippen LogP) is 0.800. The smallest absolute Gasteiger partial charge is 0.280 e.